The Morgan fingerprint density at radius 1 is 0.974 bits per heavy atom. The van der Waals surface area contributed by atoms with Crippen LogP contribution in [-0.2, 0) is 0 Å². The molecule has 4 N–H and O–H groups in total. The Morgan fingerprint density at radius 2 is 1.74 bits per heavy atom. The van der Waals surface area contributed by atoms with Crippen LogP contribution in [0.3, 0.4) is 0 Å². The molecule has 11 heteroatoms. The number of para-hydroxylation sites is 2. The second-order valence-electron chi connectivity index (χ2n) is 8.12. The fourth-order valence-corrected chi connectivity index (χ4v) is 3.63. The summed E-state index contributed by atoms with van der Waals surface area (Å²) in [6, 6.07) is 23.2. The van der Waals surface area contributed by atoms with Crippen LogP contribution in [0.4, 0.5) is 5.69 Å². The number of fused-ring (bicyclic) bond motifs is 1. The van der Waals surface area contributed by atoms with Crippen LogP contribution in [0.2, 0.25) is 0 Å². The summed E-state index contributed by atoms with van der Waals surface area (Å²) in [5, 5.41) is 23.4. The number of aromatic hydroxyl groups is 1. The summed E-state index contributed by atoms with van der Waals surface area (Å²) in [6.45, 7) is 0. The number of nitrogens with zero attached hydrogens (tertiary/aromatic N) is 5. The molecule has 1 amide bonds. The van der Waals surface area contributed by atoms with Crippen molar-refractivity contribution in [2.75, 3.05) is 0 Å². The number of phenolic OH excluding ortho intramolecular Hbond substituents is 1. The fraction of sp³-hybridized carbons (Fsp3) is 0. The van der Waals surface area contributed by atoms with E-state index in [4.69, 9.17) is 10.3 Å². The van der Waals surface area contributed by atoms with Crippen LogP contribution in [0.25, 0.3) is 23.1 Å². The Labute approximate surface area is 221 Å². The standard InChI is InChI=1S/C28H21N7O4/c29-31-27(37)19-11-14-20(15-12-19)32-33-26(24-10-5-17-39-24)34-35-25(16-13-18-6-1-4-9-23(18)36)30-22-8-3-2-7-21(22)28(35)38/h1-17,36H,29H2,(H,31,37)/b16-13+,33-32?,34-26-. The highest BCUT2D eigenvalue weighted by Gasteiger charge is 2.13. The van der Waals surface area contributed by atoms with Gasteiger partial charge in [-0.15, -0.1) is 15.3 Å². The van der Waals surface area contributed by atoms with E-state index in [9.17, 15) is 14.7 Å². The van der Waals surface area contributed by atoms with Crippen molar-refractivity contribution in [1.29, 1.82) is 0 Å². The number of nitrogen functional groups attached to an aromatic ring is 1. The van der Waals surface area contributed by atoms with Crippen LogP contribution in [-0.4, -0.2) is 26.5 Å². The molecule has 0 spiro atoms. The summed E-state index contributed by atoms with van der Waals surface area (Å²) in [5.74, 6) is 5.26. The van der Waals surface area contributed by atoms with Crippen LogP contribution in [0, 0.1) is 0 Å². The number of hydrazine groups is 1. The van der Waals surface area contributed by atoms with Gasteiger partial charge < -0.3 is 9.52 Å². The zero-order valence-electron chi connectivity index (χ0n) is 20.3. The molecule has 5 aromatic rings. The maximum absolute atomic E-state index is 13.5. The van der Waals surface area contributed by atoms with E-state index in [-0.39, 0.29) is 23.2 Å². The smallest absolute Gasteiger partial charge is 0.282 e. The Balaban J connectivity index is 1.62. The number of carbonyl (C=O) groups is 1. The second kappa shape index (κ2) is 11.2. The number of nitrogens with two attached hydrogens (primary N) is 1. The highest BCUT2D eigenvalue weighted by Crippen LogP contribution is 2.20. The third kappa shape index (κ3) is 5.53. The third-order valence-electron chi connectivity index (χ3n) is 5.58. The zero-order valence-corrected chi connectivity index (χ0v) is 20.3. The number of azo groups is 1. The molecule has 11 nitrogen and oxygen atoms in total. The minimum atomic E-state index is -0.441. The molecule has 39 heavy (non-hydrogen) atoms. The first kappa shape index (κ1) is 25.0. The van der Waals surface area contributed by atoms with Crippen molar-refractivity contribution in [2.24, 2.45) is 21.2 Å². The lowest BCUT2D eigenvalue weighted by Crippen LogP contribution is -2.29. The number of rotatable bonds is 6. The molecular formula is C28H21N7O4. The van der Waals surface area contributed by atoms with Gasteiger partial charge in [0.25, 0.3) is 11.5 Å². The van der Waals surface area contributed by atoms with Crippen molar-refractivity contribution in [3.63, 3.8) is 0 Å². The molecule has 3 aromatic carbocycles. The molecule has 0 aliphatic heterocycles. The van der Waals surface area contributed by atoms with Gasteiger partial charge in [-0.25, -0.2) is 10.8 Å². The van der Waals surface area contributed by atoms with Gasteiger partial charge in [-0.2, -0.15) is 4.68 Å². The molecule has 192 valence electrons. The van der Waals surface area contributed by atoms with Gasteiger partial charge in [-0.1, -0.05) is 30.3 Å². The first-order chi connectivity index (χ1) is 19.0. The van der Waals surface area contributed by atoms with E-state index in [2.05, 4.69) is 25.7 Å². The van der Waals surface area contributed by atoms with Crippen LogP contribution >= 0.6 is 0 Å². The van der Waals surface area contributed by atoms with Gasteiger partial charge in [0, 0.05) is 11.1 Å². The Bertz CT molecular complexity index is 1790. The Kier molecular flexibility index (Phi) is 7.15. The predicted molar refractivity (Wildman–Crippen MR) is 146 cm³/mol. The molecule has 0 saturated carbocycles. The SMILES string of the molecule is NNC(=O)c1ccc(N=N/C(=N\n2c(/C=C/c3ccccc3O)nc3ccccc3c2=O)c2ccco2)cc1. The van der Waals surface area contributed by atoms with E-state index in [1.165, 1.54) is 6.26 Å². The molecule has 0 radical (unpaired) electrons. The number of phenols is 1. The average molecular weight is 520 g/mol. The lowest BCUT2D eigenvalue weighted by atomic mass is 10.2. The number of carbonyl (C=O) groups excluding carboxylic acids is 1. The van der Waals surface area contributed by atoms with Gasteiger partial charge in [-0.3, -0.25) is 15.0 Å². The lowest BCUT2D eigenvalue weighted by molar-refractivity contribution is 0.0953. The number of benzene rings is 3. The van der Waals surface area contributed by atoms with E-state index in [1.54, 1.807) is 97.1 Å². The number of aromatic nitrogens is 2. The van der Waals surface area contributed by atoms with Crippen LogP contribution in [0.5, 0.6) is 5.75 Å². The van der Waals surface area contributed by atoms with Gasteiger partial charge in [0.15, 0.2) is 11.6 Å². The minimum Gasteiger partial charge on any atom is -0.507 e. The highest BCUT2D eigenvalue weighted by molar-refractivity contribution is 5.97. The summed E-state index contributed by atoms with van der Waals surface area (Å²) >= 11 is 0. The van der Waals surface area contributed by atoms with Gasteiger partial charge in [-0.05, 0) is 66.7 Å². The molecule has 2 heterocycles. The van der Waals surface area contributed by atoms with Crippen LogP contribution in [0.15, 0.2) is 116 Å². The van der Waals surface area contributed by atoms with Gasteiger partial charge in [0.05, 0.1) is 22.9 Å². The molecule has 2 aromatic heterocycles. The number of amidine groups is 1. The minimum absolute atomic E-state index is 0.000155. The normalized spacial score (nSPS) is 12.0. The van der Waals surface area contributed by atoms with Gasteiger partial charge >= 0.3 is 0 Å². The number of nitrogens with one attached hydrogen (secondary N) is 1. The summed E-state index contributed by atoms with van der Waals surface area (Å²) in [5.41, 5.74) is 3.42. The quantitative estimate of drug-likeness (QED) is 0.0749. The third-order valence-corrected chi connectivity index (χ3v) is 5.58. The molecule has 0 bridgehead atoms. The molecular weight excluding hydrogens is 498 g/mol. The second-order valence-corrected chi connectivity index (χ2v) is 8.12. The van der Waals surface area contributed by atoms with Crippen LogP contribution in [0.1, 0.15) is 27.5 Å². The van der Waals surface area contributed by atoms with Crippen molar-refractivity contribution in [2.45, 2.75) is 0 Å². The zero-order chi connectivity index (χ0) is 27.2. The molecule has 0 aliphatic carbocycles. The number of hydrogen-bond donors (Lipinski definition) is 3. The average Bonchev–Trinajstić information content (AvgIpc) is 3.51. The van der Waals surface area contributed by atoms with E-state index in [0.29, 0.717) is 27.7 Å². The molecule has 5 rings (SSSR count). The first-order valence-electron chi connectivity index (χ1n) is 11.7. The largest absolute Gasteiger partial charge is 0.507 e. The molecule has 0 unspecified atom stereocenters. The number of furan rings is 1. The summed E-state index contributed by atoms with van der Waals surface area (Å²) in [6.07, 6.45) is 4.65. The van der Waals surface area contributed by atoms with E-state index in [0.717, 1.165) is 4.68 Å². The van der Waals surface area contributed by atoms with Crippen molar-refractivity contribution in [1.82, 2.24) is 15.1 Å². The van der Waals surface area contributed by atoms with Gasteiger partial charge in [0.2, 0.25) is 5.84 Å². The monoisotopic (exact) mass is 519 g/mol. The topological polar surface area (TPSA) is 160 Å². The van der Waals surface area contributed by atoms with E-state index in [1.807, 2.05) is 0 Å². The van der Waals surface area contributed by atoms with E-state index < -0.39 is 11.5 Å². The van der Waals surface area contributed by atoms with Crippen molar-refractivity contribution in [3.05, 3.63) is 124 Å². The predicted octanol–water partition coefficient (Wildman–Crippen LogP) is 4.46. The molecule has 0 saturated heterocycles. The summed E-state index contributed by atoms with van der Waals surface area (Å²) in [4.78, 5) is 29.8. The van der Waals surface area contributed by atoms with E-state index >= 15 is 0 Å². The first-order valence-corrected chi connectivity index (χ1v) is 11.7. The van der Waals surface area contributed by atoms with Crippen LogP contribution < -0.4 is 16.8 Å². The maximum Gasteiger partial charge on any atom is 0.282 e. The van der Waals surface area contributed by atoms with Crippen molar-refractivity contribution in [3.8, 4) is 5.75 Å². The summed E-state index contributed by atoms with van der Waals surface area (Å²) < 4.78 is 6.60. The Morgan fingerprint density at radius 3 is 2.49 bits per heavy atom. The van der Waals surface area contributed by atoms with Crippen molar-refractivity contribution >= 4 is 40.5 Å². The lowest BCUT2D eigenvalue weighted by Gasteiger charge is -2.07. The molecule has 0 aliphatic rings. The summed E-state index contributed by atoms with van der Waals surface area (Å²) in [7, 11) is 0. The van der Waals surface area contributed by atoms with Crippen molar-refractivity contribution < 1.29 is 14.3 Å². The molecule has 0 atom stereocenters. The number of hydrogen-bond acceptors (Lipinski definition) is 8. The maximum atomic E-state index is 13.5. The molecule has 0 fully saturated rings. The highest BCUT2D eigenvalue weighted by atomic mass is 16.3. The Hall–Kier alpha value is -5.68. The fourth-order valence-electron chi connectivity index (χ4n) is 3.63. The number of amides is 1. The van der Waals surface area contributed by atoms with Gasteiger partial charge in [0.1, 0.15) is 5.75 Å².